The van der Waals surface area contributed by atoms with Crippen molar-refractivity contribution in [1.29, 1.82) is 0 Å². The second kappa shape index (κ2) is 7.48. The zero-order valence-corrected chi connectivity index (χ0v) is 12.3. The highest BCUT2D eigenvalue weighted by atomic mass is 31.2. The molecule has 1 rings (SSSR count). The zero-order valence-electron chi connectivity index (χ0n) is 11.4. The second-order valence-corrected chi connectivity index (χ2v) is 5.68. The summed E-state index contributed by atoms with van der Waals surface area (Å²) < 4.78 is 32.6. The Morgan fingerprint density at radius 2 is 1.84 bits per heavy atom. The van der Waals surface area contributed by atoms with Crippen molar-refractivity contribution in [2.75, 3.05) is 19.8 Å². The Balaban J connectivity index is 2.75. The Labute approximate surface area is 112 Å². The number of rotatable bonds is 8. The lowest BCUT2D eigenvalue weighted by molar-refractivity contribution is 0.0525. The first-order chi connectivity index (χ1) is 9.04. The van der Waals surface area contributed by atoms with Crippen LogP contribution in [0.1, 0.15) is 36.9 Å². The molecule has 0 aliphatic rings. The lowest BCUT2D eigenvalue weighted by Crippen LogP contribution is -2.02. The van der Waals surface area contributed by atoms with Gasteiger partial charge in [0.2, 0.25) is 0 Å². The molecule has 7 heteroatoms. The van der Waals surface area contributed by atoms with Crippen molar-refractivity contribution in [3.05, 3.63) is 23.7 Å². The van der Waals surface area contributed by atoms with Gasteiger partial charge in [0.05, 0.1) is 25.4 Å². The van der Waals surface area contributed by atoms with Crippen LogP contribution in [0.25, 0.3) is 0 Å². The number of hydrogen-bond acceptors (Lipinski definition) is 6. The van der Waals surface area contributed by atoms with Crippen LogP contribution in [0.3, 0.4) is 0 Å². The summed E-state index contributed by atoms with van der Waals surface area (Å²) in [5.74, 6) is -0.103. The monoisotopic (exact) mass is 290 g/mol. The fourth-order valence-corrected chi connectivity index (χ4v) is 3.09. The molecular formula is C12H19O6P. The number of esters is 1. The maximum atomic E-state index is 12.3. The first kappa shape index (κ1) is 16.0. The van der Waals surface area contributed by atoms with Crippen molar-refractivity contribution < 1.29 is 27.6 Å². The molecule has 1 aromatic rings. The molecule has 0 radical (unpaired) electrons. The van der Waals surface area contributed by atoms with E-state index in [0.717, 1.165) is 0 Å². The van der Waals surface area contributed by atoms with Crippen LogP contribution in [0.4, 0.5) is 0 Å². The molecule has 6 nitrogen and oxygen atoms in total. The molecule has 108 valence electrons. The smallest absolute Gasteiger partial charge is 0.341 e. The van der Waals surface area contributed by atoms with Crippen LogP contribution in [0.5, 0.6) is 0 Å². The van der Waals surface area contributed by atoms with Crippen LogP contribution in [-0.4, -0.2) is 25.8 Å². The number of hydrogen-bond donors (Lipinski definition) is 0. The lowest BCUT2D eigenvalue weighted by atomic mass is 10.3. The first-order valence-corrected chi connectivity index (χ1v) is 7.90. The summed E-state index contributed by atoms with van der Waals surface area (Å²) in [5, 5.41) is 0. The summed E-state index contributed by atoms with van der Waals surface area (Å²) in [6, 6.07) is 1.49. The van der Waals surface area contributed by atoms with Gasteiger partial charge < -0.3 is 18.2 Å². The van der Waals surface area contributed by atoms with Gasteiger partial charge in [0.15, 0.2) is 0 Å². The average Bonchev–Trinajstić information content (AvgIpc) is 2.78. The molecular weight excluding hydrogens is 271 g/mol. The van der Waals surface area contributed by atoms with E-state index in [1.807, 2.05) is 0 Å². The van der Waals surface area contributed by atoms with Crippen LogP contribution in [0.2, 0.25) is 0 Å². The molecule has 0 bridgehead atoms. The van der Waals surface area contributed by atoms with E-state index in [4.69, 9.17) is 18.2 Å². The van der Waals surface area contributed by atoms with Gasteiger partial charge >= 0.3 is 13.6 Å². The molecule has 0 N–H and O–H groups in total. The highest BCUT2D eigenvalue weighted by Gasteiger charge is 2.26. The number of carbonyl (C=O) groups is 1. The lowest BCUT2D eigenvalue weighted by Gasteiger charge is -2.15. The van der Waals surface area contributed by atoms with Gasteiger partial charge in [0, 0.05) is 0 Å². The zero-order chi connectivity index (χ0) is 14.3. The standard InChI is InChI=1S/C12H19O6P/c1-4-15-12(13)10-7-11(16-8-10)9-19(14,17-5-2)18-6-3/h7-8H,4-6,9H2,1-3H3. The van der Waals surface area contributed by atoms with Crippen LogP contribution < -0.4 is 0 Å². The van der Waals surface area contributed by atoms with E-state index < -0.39 is 13.6 Å². The van der Waals surface area contributed by atoms with E-state index in [2.05, 4.69) is 0 Å². The van der Waals surface area contributed by atoms with Crippen LogP contribution >= 0.6 is 7.60 Å². The molecule has 0 unspecified atom stereocenters. The van der Waals surface area contributed by atoms with Gasteiger partial charge in [0.25, 0.3) is 0 Å². The highest BCUT2D eigenvalue weighted by Crippen LogP contribution is 2.51. The Bertz CT molecular complexity index is 443. The van der Waals surface area contributed by atoms with Crippen LogP contribution in [-0.2, 0) is 24.5 Å². The number of ether oxygens (including phenoxy) is 1. The summed E-state index contributed by atoms with van der Waals surface area (Å²) in [5.41, 5.74) is 0.288. The largest absolute Gasteiger partial charge is 0.468 e. The van der Waals surface area contributed by atoms with Gasteiger partial charge in [-0.1, -0.05) is 0 Å². The first-order valence-electron chi connectivity index (χ1n) is 6.17. The summed E-state index contributed by atoms with van der Waals surface area (Å²) in [7, 11) is -3.22. The molecule has 0 aliphatic heterocycles. The Morgan fingerprint density at radius 3 is 2.37 bits per heavy atom. The minimum atomic E-state index is -3.22. The minimum absolute atomic E-state index is 0.00587. The molecule has 0 fully saturated rings. The van der Waals surface area contributed by atoms with Gasteiger partial charge in [-0.15, -0.1) is 0 Å². The number of carbonyl (C=O) groups excluding carboxylic acids is 1. The van der Waals surface area contributed by atoms with Crippen molar-refractivity contribution >= 4 is 13.6 Å². The summed E-state index contributed by atoms with van der Waals surface area (Å²) >= 11 is 0. The van der Waals surface area contributed by atoms with E-state index in [1.165, 1.54) is 12.3 Å². The van der Waals surface area contributed by atoms with Crippen molar-refractivity contribution in [3.63, 3.8) is 0 Å². The Hall–Kier alpha value is -1.10. The quantitative estimate of drug-likeness (QED) is 0.540. The molecule has 19 heavy (non-hydrogen) atoms. The third-order valence-electron chi connectivity index (χ3n) is 2.17. The van der Waals surface area contributed by atoms with Gasteiger partial charge in [-0.25, -0.2) is 4.79 Å². The minimum Gasteiger partial charge on any atom is -0.468 e. The third kappa shape index (κ3) is 4.82. The highest BCUT2D eigenvalue weighted by molar-refractivity contribution is 7.53. The fourth-order valence-electron chi connectivity index (χ4n) is 1.50. The fraction of sp³-hybridized carbons (Fsp3) is 0.583. The molecule has 0 amide bonds. The molecule has 0 aliphatic carbocycles. The van der Waals surface area contributed by atoms with Crippen molar-refractivity contribution in [1.82, 2.24) is 0 Å². The summed E-state index contributed by atoms with van der Waals surface area (Å²) in [4.78, 5) is 11.5. The van der Waals surface area contributed by atoms with E-state index in [0.29, 0.717) is 5.76 Å². The second-order valence-electron chi connectivity index (χ2n) is 3.63. The molecule has 0 atom stereocenters. The molecule has 0 saturated heterocycles. The van der Waals surface area contributed by atoms with Crippen molar-refractivity contribution in [2.24, 2.45) is 0 Å². The normalized spacial score (nSPS) is 11.5. The van der Waals surface area contributed by atoms with Crippen LogP contribution in [0.15, 0.2) is 16.7 Å². The van der Waals surface area contributed by atoms with E-state index in [1.54, 1.807) is 20.8 Å². The van der Waals surface area contributed by atoms with Gasteiger partial charge in [-0.05, 0) is 26.8 Å². The van der Waals surface area contributed by atoms with Gasteiger partial charge in [0.1, 0.15) is 18.2 Å². The Kier molecular flexibility index (Phi) is 6.28. The van der Waals surface area contributed by atoms with Gasteiger partial charge in [-0.2, -0.15) is 0 Å². The topological polar surface area (TPSA) is 75.0 Å². The molecule has 1 heterocycles. The maximum Gasteiger partial charge on any atom is 0.341 e. The SMILES string of the molecule is CCOC(=O)c1coc(CP(=O)(OCC)OCC)c1. The van der Waals surface area contributed by atoms with E-state index in [-0.39, 0.29) is 31.5 Å². The molecule has 0 saturated carbocycles. The average molecular weight is 290 g/mol. The summed E-state index contributed by atoms with van der Waals surface area (Å²) in [6.07, 6.45) is 1.27. The predicted octanol–water partition coefficient (Wildman–Crippen LogP) is 3.22. The summed E-state index contributed by atoms with van der Waals surface area (Å²) in [6.45, 7) is 6.04. The maximum absolute atomic E-state index is 12.3. The van der Waals surface area contributed by atoms with Gasteiger partial charge in [-0.3, -0.25) is 4.57 Å². The van der Waals surface area contributed by atoms with E-state index >= 15 is 0 Å². The van der Waals surface area contributed by atoms with Crippen LogP contribution in [0, 0.1) is 0 Å². The third-order valence-corrected chi connectivity index (χ3v) is 4.17. The molecule has 0 spiro atoms. The molecule has 1 aromatic heterocycles. The number of furan rings is 1. The Morgan fingerprint density at radius 1 is 1.21 bits per heavy atom. The van der Waals surface area contributed by atoms with Crippen molar-refractivity contribution in [3.8, 4) is 0 Å². The predicted molar refractivity (Wildman–Crippen MR) is 69.2 cm³/mol. The van der Waals surface area contributed by atoms with Crippen molar-refractivity contribution in [2.45, 2.75) is 26.9 Å². The van der Waals surface area contributed by atoms with E-state index in [9.17, 15) is 9.36 Å². The molecule has 0 aromatic carbocycles.